The predicted molar refractivity (Wildman–Crippen MR) is 81.0 cm³/mol. The molecule has 0 fully saturated rings. The van der Waals surface area contributed by atoms with Crippen LogP contribution in [0.1, 0.15) is 24.1 Å². The van der Waals surface area contributed by atoms with Gasteiger partial charge < -0.3 is 5.32 Å². The topological polar surface area (TPSA) is 12.0 Å². The van der Waals surface area contributed by atoms with Crippen LogP contribution in [0.2, 0.25) is 5.02 Å². The number of hydrogen-bond acceptors (Lipinski definition) is 1. The number of halogens is 4. The maximum absolute atomic E-state index is 13.5. The first kappa shape index (κ1) is 15.4. The summed E-state index contributed by atoms with van der Waals surface area (Å²) >= 11 is 9.47. The van der Waals surface area contributed by atoms with Gasteiger partial charge in [0.1, 0.15) is 0 Å². The number of rotatable bonds is 4. The Morgan fingerprint density at radius 2 is 1.90 bits per heavy atom. The molecule has 0 aliphatic heterocycles. The molecule has 0 amide bonds. The molecular formula is C15H13BrClF2N. The van der Waals surface area contributed by atoms with Crippen LogP contribution in [0.25, 0.3) is 0 Å². The summed E-state index contributed by atoms with van der Waals surface area (Å²) in [6.07, 6.45) is 0. The minimum absolute atomic E-state index is 0.204. The zero-order valence-electron chi connectivity index (χ0n) is 10.8. The van der Waals surface area contributed by atoms with Crippen LogP contribution >= 0.6 is 27.5 Å². The lowest BCUT2D eigenvalue weighted by Crippen LogP contribution is -2.22. The molecule has 2 aromatic carbocycles. The van der Waals surface area contributed by atoms with E-state index in [4.69, 9.17) is 11.6 Å². The van der Waals surface area contributed by atoms with Gasteiger partial charge in [-0.05, 0) is 41.9 Å². The Morgan fingerprint density at radius 1 is 1.20 bits per heavy atom. The van der Waals surface area contributed by atoms with Gasteiger partial charge in [0, 0.05) is 9.50 Å². The SMILES string of the molecule is CCNC(c1cccc(Br)c1)c1cc(F)c(F)cc1Cl. The molecule has 20 heavy (non-hydrogen) atoms. The first-order valence-electron chi connectivity index (χ1n) is 6.16. The summed E-state index contributed by atoms with van der Waals surface area (Å²) in [7, 11) is 0. The van der Waals surface area contributed by atoms with Crippen molar-refractivity contribution in [2.24, 2.45) is 0 Å². The van der Waals surface area contributed by atoms with Crippen molar-refractivity contribution in [1.29, 1.82) is 0 Å². The molecule has 1 unspecified atom stereocenters. The molecule has 0 aliphatic carbocycles. The average Bonchev–Trinajstić information content (AvgIpc) is 2.40. The number of benzene rings is 2. The molecule has 0 aliphatic rings. The van der Waals surface area contributed by atoms with Crippen LogP contribution in [0.5, 0.6) is 0 Å². The minimum Gasteiger partial charge on any atom is -0.306 e. The summed E-state index contributed by atoms with van der Waals surface area (Å²) in [5, 5.41) is 3.44. The van der Waals surface area contributed by atoms with Gasteiger partial charge in [-0.25, -0.2) is 8.78 Å². The van der Waals surface area contributed by atoms with E-state index < -0.39 is 11.6 Å². The number of hydrogen-bond donors (Lipinski definition) is 1. The Labute approximate surface area is 130 Å². The largest absolute Gasteiger partial charge is 0.306 e. The lowest BCUT2D eigenvalue weighted by Gasteiger charge is -2.20. The molecule has 0 spiro atoms. The van der Waals surface area contributed by atoms with Gasteiger partial charge in [-0.3, -0.25) is 0 Å². The van der Waals surface area contributed by atoms with E-state index in [1.165, 1.54) is 0 Å². The standard InChI is InChI=1S/C15H13BrClF2N/c1-2-20-15(9-4-3-5-10(16)6-9)11-7-13(18)14(19)8-12(11)17/h3-8,15,20H,2H2,1H3. The smallest absolute Gasteiger partial charge is 0.160 e. The van der Waals surface area contributed by atoms with Crippen molar-refractivity contribution in [1.82, 2.24) is 5.32 Å². The molecule has 0 bridgehead atoms. The van der Waals surface area contributed by atoms with Crippen molar-refractivity contribution in [3.8, 4) is 0 Å². The Hall–Kier alpha value is -0.970. The summed E-state index contributed by atoms with van der Waals surface area (Å²) in [4.78, 5) is 0. The molecular weight excluding hydrogens is 348 g/mol. The van der Waals surface area contributed by atoms with Crippen LogP contribution in [-0.4, -0.2) is 6.54 Å². The Morgan fingerprint density at radius 3 is 2.55 bits per heavy atom. The first-order chi connectivity index (χ1) is 9.52. The predicted octanol–water partition coefficient (Wildman–Crippen LogP) is 5.08. The van der Waals surface area contributed by atoms with E-state index in [2.05, 4.69) is 21.2 Å². The molecule has 1 atom stereocenters. The number of nitrogens with one attached hydrogen (secondary N) is 1. The summed E-state index contributed by atoms with van der Waals surface area (Å²) < 4.78 is 27.6. The van der Waals surface area contributed by atoms with Crippen LogP contribution in [0.4, 0.5) is 8.78 Å². The summed E-state index contributed by atoms with van der Waals surface area (Å²) in [6.45, 7) is 2.62. The highest BCUT2D eigenvalue weighted by Crippen LogP contribution is 2.31. The summed E-state index contributed by atoms with van der Waals surface area (Å²) in [5.41, 5.74) is 1.44. The molecule has 2 aromatic rings. The van der Waals surface area contributed by atoms with E-state index in [1.54, 1.807) is 0 Å². The van der Waals surface area contributed by atoms with E-state index in [0.29, 0.717) is 12.1 Å². The molecule has 1 nitrogen and oxygen atoms in total. The monoisotopic (exact) mass is 359 g/mol. The van der Waals surface area contributed by atoms with E-state index in [1.807, 2.05) is 31.2 Å². The van der Waals surface area contributed by atoms with E-state index in [0.717, 1.165) is 22.2 Å². The second-order valence-corrected chi connectivity index (χ2v) is 5.66. The third-order valence-electron chi connectivity index (χ3n) is 2.94. The zero-order chi connectivity index (χ0) is 14.7. The minimum atomic E-state index is -0.941. The average molecular weight is 361 g/mol. The molecule has 0 aromatic heterocycles. The highest BCUT2D eigenvalue weighted by molar-refractivity contribution is 9.10. The highest BCUT2D eigenvalue weighted by Gasteiger charge is 2.19. The second-order valence-electron chi connectivity index (χ2n) is 4.33. The maximum atomic E-state index is 13.5. The molecule has 1 N–H and O–H groups in total. The van der Waals surface area contributed by atoms with Crippen LogP contribution < -0.4 is 5.32 Å². The lowest BCUT2D eigenvalue weighted by molar-refractivity contribution is 0.504. The Balaban J connectivity index is 2.51. The van der Waals surface area contributed by atoms with E-state index in [9.17, 15) is 8.78 Å². The normalized spacial score (nSPS) is 12.4. The van der Waals surface area contributed by atoms with E-state index in [-0.39, 0.29) is 11.1 Å². The molecule has 2 rings (SSSR count). The quantitative estimate of drug-likeness (QED) is 0.750. The molecule has 0 heterocycles. The van der Waals surface area contributed by atoms with Crippen molar-refractivity contribution in [3.63, 3.8) is 0 Å². The van der Waals surface area contributed by atoms with Gasteiger partial charge >= 0.3 is 0 Å². The Kier molecular flexibility index (Phi) is 5.13. The lowest BCUT2D eigenvalue weighted by atomic mass is 9.98. The van der Waals surface area contributed by atoms with Crippen molar-refractivity contribution in [3.05, 3.63) is 68.7 Å². The molecule has 5 heteroatoms. The zero-order valence-corrected chi connectivity index (χ0v) is 13.1. The van der Waals surface area contributed by atoms with Crippen molar-refractivity contribution < 1.29 is 8.78 Å². The third-order valence-corrected chi connectivity index (χ3v) is 3.76. The fourth-order valence-corrected chi connectivity index (χ4v) is 2.73. The van der Waals surface area contributed by atoms with Crippen molar-refractivity contribution in [2.75, 3.05) is 6.54 Å². The maximum Gasteiger partial charge on any atom is 0.160 e. The third kappa shape index (κ3) is 3.37. The van der Waals surface area contributed by atoms with Crippen LogP contribution in [0.3, 0.4) is 0 Å². The molecule has 0 saturated carbocycles. The van der Waals surface area contributed by atoms with Gasteiger partial charge in [0.2, 0.25) is 0 Å². The van der Waals surface area contributed by atoms with Crippen molar-refractivity contribution in [2.45, 2.75) is 13.0 Å². The van der Waals surface area contributed by atoms with Gasteiger partial charge in [-0.1, -0.05) is 46.6 Å². The van der Waals surface area contributed by atoms with Gasteiger partial charge in [-0.2, -0.15) is 0 Å². The summed E-state index contributed by atoms with van der Waals surface area (Å²) in [6, 6.07) is 9.48. The first-order valence-corrected chi connectivity index (χ1v) is 7.33. The molecule has 0 saturated heterocycles. The molecule has 0 radical (unpaired) electrons. The fraction of sp³-hybridized carbons (Fsp3) is 0.200. The fourth-order valence-electron chi connectivity index (χ4n) is 2.06. The van der Waals surface area contributed by atoms with Crippen LogP contribution in [-0.2, 0) is 0 Å². The molecule has 106 valence electrons. The highest BCUT2D eigenvalue weighted by atomic mass is 79.9. The summed E-state index contributed by atoms with van der Waals surface area (Å²) in [5.74, 6) is -1.84. The van der Waals surface area contributed by atoms with Crippen LogP contribution in [0, 0.1) is 11.6 Å². The van der Waals surface area contributed by atoms with Gasteiger partial charge in [0.05, 0.1) is 6.04 Å². The van der Waals surface area contributed by atoms with Gasteiger partial charge in [-0.15, -0.1) is 0 Å². The van der Waals surface area contributed by atoms with Gasteiger partial charge in [0.15, 0.2) is 11.6 Å². The van der Waals surface area contributed by atoms with Gasteiger partial charge in [0.25, 0.3) is 0 Å². The van der Waals surface area contributed by atoms with E-state index >= 15 is 0 Å². The second kappa shape index (κ2) is 6.66. The van der Waals surface area contributed by atoms with Crippen molar-refractivity contribution >= 4 is 27.5 Å². The Bertz CT molecular complexity index is 619. The van der Waals surface area contributed by atoms with Crippen LogP contribution in [0.15, 0.2) is 40.9 Å².